The zero-order chi connectivity index (χ0) is 18.0. The molecule has 0 unspecified atom stereocenters. The summed E-state index contributed by atoms with van der Waals surface area (Å²) in [4.78, 5) is 40.0. The van der Waals surface area contributed by atoms with Crippen molar-refractivity contribution in [2.24, 2.45) is 0 Å². The van der Waals surface area contributed by atoms with E-state index in [1.165, 1.54) is 24.3 Å². The molecule has 1 aliphatic rings. The van der Waals surface area contributed by atoms with Crippen molar-refractivity contribution in [3.05, 3.63) is 46.0 Å². The van der Waals surface area contributed by atoms with E-state index < -0.39 is 17.3 Å². The highest BCUT2D eigenvalue weighted by atomic mass is 19.1. The molecule has 2 aromatic rings. The van der Waals surface area contributed by atoms with Crippen LogP contribution in [-0.2, 0) is 4.79 Å². The van der Waals surface area contributed by atoms with Crippen molar-refractivity contribution < 1.29 is 19.1 Å². The van der Waals surface area contributed by atoms with Gasteiger partial charge in [0.25, 0.3) is 5.91 Å². The lowest BCUT2D eigenvalue weighted by Crippen LogP contribution is -2.44. The molecule has 132 valence electrons. The molecule has 1 aromatic heterocycles. The number of benzene rings is 1. The molecular formula is C18H19FN2O4. The van der Waals surface area contributed by atoms with Crippen LogP contribution in [0.4, 0.5) is 4.39 Å². The summed E-state index contributed by atoms with van der Waals surface area (Å²) in [6.45, 7) is 0.526. The monoisotopic (exact) mass is 346 g/mol. The second-order valence-electron chi connectivity index (χ2n) is 6.32. The van der Waals surface area contributed by atoms with Gasteiger partial charge in [0, 0.05) is 30.5 Å². The van der Waals surface area contributed by atoms with Crippen molar-refractivity contribution in [2.45, 2.75) is 38.1 Å². The first kappa shape index (κ1) is 17.1. The van der Waals surface area contributed by atoms with Crippen LogP contribution in [-0.4, -0.2) is 39.5 Å². The number of H-pyrrole nitrogens is 1. The van der Waals surface area contributed by atoms with Crippen LogP contribution >= 0.6 is 0 Å². The molecule has 7 heteroatoms. The minimum Gasteiger partial charge on any atom is -0.481 e. The molecule has 0 spiro atoms. The number of hydrogen-bond acceptors (Lipinski definition) is 3. The first-order valence-corrected chi connectivity index (χ1v) is 8.31. The fraction of sp³-hybridized carbons (Fsp3) is 0.389. The summed E-state index contributed by atoms with van der Waals surface area (Å²) in [7, 11) is 0. The molecule has 1 aromatic carbocycles. The van der Waals surface area contributed by atoms with Crippen LogP contribution in [0.1, 0.15) is 42.5 Å². The summed E-state index contributed by atoms with van der Waals surface area (Å²) in [6.07, 6.45) is 2.90. The number of carboxylic acid groups (broad SMARTS) is 1. The van der Waals surface area contributed by atoms with E-state index in [9.17, 15) is 18.8 Å². The van der Waals surface area contributed by atoms with Crippen LogP contribution < -0.4 is 5.56 Å². The van der Waals surface area contributed by atoms with Gasteiger partial charge >= 0.3 is 5.97 Å². The maximum absolute atomic E-state index is 13.4. The van der Waals surface area contributed by atoms with Crippen LogP contribution in [0.15, 0.2) is 29.1 Å². The molecule has 1 atom stereocenters. The van der Waals surface area contributed by atoms with Gasteiger partial charge in [-0.05, 0) is 43.9 Å². The Bertz CT molecular complexity index is 877. The average molecular weight is 346 g/mol. The number of carboxylic acids is 1. The molecule has 1 amide bonds. The van der Waals surface area contributed by atoms with E-state index in [0.29, 0.717) is 18.4 Å². The molecule has 3 rings (SSSR count). The van der Waals surface area contributed by atoms with Crippen LogP contribution in [0.5, 0.6) is 0 Å². The predicted molar refractivity (Wildman–Crippen MR) is 90.1 cm³/mol. The number of aliphatic carboxylic acids is 1. The molecule has 1 fully saturated rings. The lowest BCUT2D eigenvalue weighted by molar-refractivity contribution is -0.137. The van der Waals surface area contributed by atoms with Gasteiger partial charge < -0.3 is 15.0 Å². The number of rotatable bonds is 4. The van der Waals surface area contributed by atoms with Crippen molar-refractivity contribution in [3.63, 3.8) is 0 Å². The number of hydrogen-bond donors (Lipinski definition) is 2. The van der Waals surface area contributed by atoms with Gasteiger partial charge in [-0.1, -0.05) is 0 Å². The van der Waals surface area contributed by atoms with Crippen LogP contribution in [0.2, 0.25) is 0 Å². The number of nitrogens with zero attached hydrogens (tertiary/aromatic N) is 1. The summed E-state index contributed by atoms with van der Waals surface area (Å²) in [5, 5.41) is 9.39. The number of carbonyl (C=O) groups excluding carboxylic acids is 1. The zero-order valence-electron chi connectivity index (χ0n) is 13.6. The van der Waals surface area contributed by atoms with E-state index >= 15 is 0 Å². The minimum absolute atomic E-state index is 0.00419. The Morgan fingerprint density at radius 3 is 2.84 bits per heavy atom. The molecule has 0 bridgehead atoms. The molecule has 2 heterocycles. The average Bonchev–Trinajstić information content (AvgIpc) is 2.58. The van der Waals surface area contributed by atoms with Gasteiger partial charge in [0.15, 0.2) is 0 Å². The van der Waals surface area contributed by atoms with Gasteiger partial charge in [-0.25, -0.2) is 4.39 Å². The van der Waals surface area contributed by atoms with Crippen molar-refractivity contribution in [2.75, 3.05) is 6.54 Å². The highest BCUT2D eigenvalue weighted by Gasteiger charge is 2.29. The molecule has 6 nitrogen and oxygen atoms in total. The number of nitrogens with one attached hydrogen (secondary N) is 1. The number of likely N-dealkylation sites (tertiary alicyclic amines) is 1. The van der Waals surface area contributed by atoms with Crippen molar-refractivity contribution in [3.8, 4) is 0 Å². The molecule has 2 N–H and O–H groups in total. The van der Waals surface area contributed by atoms with E-state index in [-0.39, 0.29) is 29.4 Å². The number of aromatic nitrogens is 1. The Balaban J connectivity index is 1.97. The van der Waals surface area contributed by atoms with Gasteiger partial charge in [-0.2, -0.15) is 0 Å². The summed E-state index contributed by atoms with van der Waals surface area (Å²) in [5.41, 5.74) is 0.0245. The normalized spacial score (nSPS) is 17.6. The fourth-order valence-electron chi connectivity index (χ4n) is 3.42. The first-order chi connectivity index (χ1) is 12.0. The molecule has 0 saturated carbocycles. The quantitative estimate of drug-likeness (QED) is 0.890. The van der Waals surface area contributed by atoms with Gasteiger partial charge in [-0.3, -0.25) is 14.4 Å². The molecule has 1 saturated heterocycles. The largest absolute Gasteiger partial charge is 0.481 e. The number of fused-ring (bicyclic) bond motifs is 1. The van der Waals surface area contributed by atoms with Crippen LogP contribution in [0.3, 0.4) is 0 Å². The van der Waals surface area contributed by atoms with E-state index in [2.05, 4.69) is 4.98 Å². The zero-order valence-corrected chi connectivity index (χ0v) is 13.6. The number of aromatic amines is 1. The molecule has 25 heavy (non-hydrogen) atoms. The third-order valence-electron chi connectivity index (χ3n) is 4.61. The van der Waals surface area contributed by atoms with Crippen molar-refractivity contribution in [1.29, 1.82) is 0 Å². The maximum Gasteiger partial charge on any atom is 0.303 e. The minimum atomic E-state index is -0.893. The third kappa shape index (κ3) is 3.70. The van der Waals surface area contributed by atoms with Crippen molar-refractivity contribution >= 4 is 22.8 Å². The first-order valence-electron chi connectivity index (χ1n) is 8.31. The number of piperidine rings is 1. The summed E-state index contributed by atoms with van der Waals surface area (Å²) < 4.78 is 13.4. The Kier molecular flexibility index (Phi) is 4.83. The molecule has 0 aliphatic carbocycles. The summed E-state index contributed by atoms with van der Waals surface area (Å²) in [5.74, 6) is -1.70. The van der Waals surface area contributed by atoms with E-state index in [1.807, 2.05) is 0 Å². The topological polar surface area (TPSA) is 90.5 Å². The lowest BCUT2D eigenvalue weighted by atomic mass is 9.96. The summed E-state index contributed by atoms with van der Waals surface area (Å²) >= 11 is 0. The van der Waals surface area contributed by atoms with Gasteiger partial charge in [0.2, 0.25) is 5.56 Å². The lowest BCUT2D eigenvalue weighted by Gasteiger charge is -2.36. The third-order valence-corrected chi connectivity index (χ3v) is 4.61. The molecule has 0 radical (unpaired) electrons. The van der Waals surface area contributed by atoms with E-state index in [1.54, 1.807) is 4.90 Å². The Morgan fingerprint density at radius 2 is 2.08 bits per heavy atom. The standard InChI is InChI=1S/C18H19FN2O4/c19-11-4-6-13-14(10-16(22)20-15(13)9-11)18(25)21-8-2-1-3-12(21)5-7-17(23)24/h4,6,9-10,12H,1-3,5,7-8H2,(H,20,22)(H,23,24)/t12-/m0/s1. The predicted octanol–water partition coefficient (Wildman–Crippen LogP) is 2.53. The number of carbonyl (C=O) groups is 2. The molecule has 1 aliphatic heterocycles. The molecular weight excluding hydrogens is 327 g/mol. The Hall–Kier alpha value is -2.70. The fourth-order valence-corrected chi connectivity index (χ4v) is 3.42. The van der Waals surface area contributed by atoms with E-state index in [4.69, 9.17) is 5.11 Å². The maximum atomic E-state index is 13.4. The number of halogens is 1. The number of amides is 1. The van der Waals surface area contributed by atoms with Gasteiger partial charge in [-0.15, -0.1) is 0 Å². The SMILES string of the molecule is O=C(O)CC[C@@H]1CCCCN1C(=O)c1cc(=O)[nH]c2cc(F)ccc12. The van der Waals surface area contributed by atoms with Crippen LogP contribution in [0.25, 0.3) is 10.9 Å². The number of pyridine rings is 1. The smallest absolute Gasteiger partial charge is 0.303 e. The van der Waals surface area contributed by atoms with E-state index in [0.717, 1.165) is 19.3 Å². The van der Waals surface area contributed by atoms with Gasteiger partial charge in [0.05, 0.1) is 11.1 Å². The summed E-state index contributed by atoms with van der Waals surface area (Å²) in [6, 6.07) is 4.98. The highest BCUT2D eigenvalue weighted by Crippen LogP contribution is 2.25. The van der Waals surface area contributed by atoms with Crippen molar-refractivity contribution in [1.82, 2.24) is 9.88 Å². The Labute approximate surface area is 143 Å². The Morgan fingerprint density at radius 1 is 1.28 bits per heavy atom. The second kappa shape index (κ2) is 7.04. The van der Waals surface area contributed by atoms with Crippen LogP contribution in [0, 0.1) is 5.82 Å². The second-order valence-corrected chi connectivity index (χ2v) is 6.32. The van der Waals surface area contributed by atoms with Gasteiger partial charge in [0.1, 0.15) is 5.82 Å². The highest BCUT2D eigenvalue weighted by molar-refractivity contribution is 6.06.